The largest absolute Gasteiger partial charge is 0.477 e. The van der Waals surface area contributed by atoms with Gasteiger partial charge in [-0.05, 0) is 31.5 Å². The Balaban J connectivity index is 1.75. The third kappa shape index (κ3) is 2.38. The predicted molar refractivity (Wildman–Crippen MR) is 71.1 cm³/mol. The number of carbonyl (C=O) groups excluding carboxylic acids is 1. The van der Waals surface area contributed by atoms with E-state index in [1.165, 1.54) is 6.07 Å². The van der Waals surface area contributed by atoms with Gasteiger partial charge in [0.15, 0.2) is 0 Å². The van der Waals surface area contributed by atoms with Crippen molar-refractivity contribution >= 4 is 11.9 Å². The van der Waals surface area contributed by atoms with Gasteiger partial charge < -0.3 is 10.4 Å². The highest BCUT2D eigenvalue weighted by atomic mass is 16.4. The lowest BCUT2D eigenvalue weighted by Crippen LogP contribution is -2.45. The predicted octanol–water partition coefficient (Wildman–Crippen LogP) is 0.490. The zero-order valence-electron chi connectivity index (χ0n) is 11.1. The molecule has 1 aromatic heterocycles. The summed E-state index contributed by atoms with van der Waals surface area (Å²) in [6, 6.07) is 5.25. The number of nitrogens with zero attached hydrogens (tertiary/aromatic N) is 2. The van der Waals surface area contributed by atoms with Gasteiger partial charge in [0.25, 0.3) is 0 Å². The highest BCUT2D eigenvalue weighted by molar-refractivity contribution is 5.85. The molecule has 2 N–H and O–H groups in total. The van der Waals surface area contributed by atoms with Gasteiger partial charge in [0.1, 0.15) is 5.69 Å². The number of nitrogens with one attached hydrogen (secondary N) is 1. The van der Waals surface area contributed by atoms with E-state index in [0.29, 0.717) is 13.1 Å². The van der Waals surface area contributed by atoms with Gasteiger partial charge >= 0.3 is 5.97 Å². The Morgan fingerprint density at radius 1 is 1.50 bits per heavy atom. The molecular formula is C14H17N3O3. The van der Waals surface area contributed by atoms with Crippen LogP contribution >= 0.6 is 0 Å². The van der Waals surface area contributed by atoms with Crippen molar-refractivity contribution in [3.8, 4) is 0 Å². The van der Waals surface area contributed by atoms with Gasteiger partial charge in [-0.1, -0.05) is 6.07 Å². The fraction of sp³-hybridized carbons (Fsp3) is 0.500. The summed E-state index contributed by atoms with van der Waals surface area (Å²) in [5.41, 5.74) is 0.807. The number of carboxylic acids is 1. The normalized spacial score (nSPS) is 26.1. The Bertz CT molecular complexity index is 546. The molecule has 3 heterocycles. The Hall–Kier alpha value is -1.95. The first-order valence-electron chi connectivity index (χ1n) is 6.86. The third-order valence-electron chi connectivity index (χ3n) is 4.11. The summed E-state index contributed by atoms with van der Waals surface area (Å²) in [6.45, 7) is 2.20. The highest BCUT2D eigenvalue weighted by Gasteiger charge is 2.40. The molecule has 6 nitrogen and oxygen atoms in total. The molecule has 1 aromatic rings. The second-order valence-corrected chi connectivity index (χ2v) is 5.35. The standard InChI is InChI=1S/C14H17N3O3/c18-13-10-4-2-6-17(12(10)7-15-13)8-9-3-1-5-11(16-9)14(19)20/h1,3,5,10,12H,2,4,6-8H2,(H,15,18)(H,19,20). The molecule has 3 rings (SSSR count). The molecule has 6 heteroatoms. The van der Waals surface area contributed by atoms with Crippen molar-refractivity contribution in [1.29, 1.82) is 0 Å². The Kier molecular flexibility index (Phi) is 3.40. The first-order valence-corrected chi connectivity index (χ1v) is 6.86. The van der Waals surface area contributed by atoms with E-state index in [9.17, 15) is 9.59 Å². The molecule has 106 valence electrons. The second kappa shape index (κ2) is 5.20. The zero-order chi connectivity index (χ0) is 14.1. The van der Waals surface area contributed by atoms with Crippen LogP contribution in [0.25, 0.3) is 0 Å². The van der Waals surface area contributed by atoms with E-state index in [4.69, 9.17) is 5.11 Å². The molecule has 20 heavy (non-hydrogen) atoms. The van der Waals surface area contributed by atoms with Crippen LogP contribution in [0.3, 0.4) is 0 Å². The minimum absolute atomic E-state index is 0.0664. The summed E-state index contributed by atoms with van der Waals surface area (Å²) in [6.07, 6.45) is 1.93. The van der Waals surface area contributed by atoms with Gasteiger partial charge in [-0.3, -0.25) is 9.69 Å². The van der Waals surface area contributed by atoms with E-state index in [1.54, 1.807) is 6.07 Å². The number of carboxylic acid groups (broad SMARTS) is 1. The molecule has 2 saturated heterocycles. The molecule has 0 saturated carbocycles. The molecule has 0 aliphatic carbocycles. The number of hydrogen-bond donors (Lipinski definition) is 2. The van der Waals surface area contributed by atoms with Crippen molar-refractivity contribution in [2.24, 2.45) is 5.92 Å². The van der Waals surface area contributed by atoms with Crippen LogP contribution in [0, 0.1) is 5.92 Å². The van der Waals surface area contributed by atoms with Crippen molar-refractivity contribution in [3.05, 3.63) is 29.6 Å². The summed E-state index contributed by atoms with van der Waals surface area (Å²) < 4.78 is 0. The van der Waals surface area contributed by atoms with E-state index in [-0.39, 0.29) is 23.6 Å². The quantitative estimate of drug-likeness (QED) is 0.839. The summed E-state index contributed by atoms with van der Waals surface area (Å²) in [4.78, 5) is 29.0. The van der Waals surface area contributed by atoms with Crippen molar-refractivity contribution in [3.63, 3.8) is 0 Å². The van der Waals surface area contributed by atoms with E-state index in [1.807, 2.05) is 6.07 Å². The van der Waals surface area contributed by atoms with Crippen LogP contribution in [0.4, 0.5) is 0 Å². The molecule has 1 amide bonds. The number of likely N-dealkylation sites (tertiary alicyclic amines) is 1. The summed E-state index contributed by atoms with van der Waals surface area (Å²) in [5, 5.41) is 11.9. The molecule has 2 aliphatic heterocycles. The minimum atomic E-state index is -1.01. The van der Waals surface area contributed by atoms with Crippen molar-refractivity contribution in [2.45, 2.75) is 25.4 Å². The molecule has 0 bridgehead atoms. The zero-order valence-corrected chi connectivity index (χ0v) is 11.1. The topological polar surface area (TPSA) is 82.5 Å². The van der Waals surface area contributed by atoms with Crippen LogP contribution in [0.15, 0.2) is 18.2 Å². The summed E-state index contributed by atoms with van der Waals surface area (Å²) in [7, 11) is 0. The Morgan fingerprint density at radius 3 is 3.15 bits per heavy atom. The van der Waals surface area contributed by atoms with Crippen molar-refractivity contribution in [1.82, 2.24) is 15.2 Å². The lowest BCUT2D eigenvalue weighted by Gasteiger charge is -2.35. The molecule has 0 radical (unpaired) electrons. The van der Waals surface area contributed by atoms with Gasteiger partial charge in [0.05, 0.1) is 11.6 Å². The molecule has 2 fully saturated rings. The first-order chi connectivity index (χ1) is 9.65. The van der Waals surface area contributed by atoms with Crippen LogP contribution < -0.4 is 5.32 Å². The summed E-state index contributed by atoms with van der Waals surface area (Å²) in [5.74, 6) is -0.792. The SMILES string of the molecule is O=C(O)c1cccc(CN2CCCC3C(=O)NCC32)n1. The number of pyridine rings is 1. The molecule has 2 atom stereocenters. The molecule has 2 aliphatic rings. The number of carbonyl (C=O) groups is 2. The third-order valence-corrected chi connectivity index (χ3v) is 4.11. The maximum Gasteiger partial charge on any atom is 0.354 e. The van der Waals surface area contributed by atoms with Crippen LogP contribution in [-0.2, 0) is 11.3 Å². The van der Waals surface area contributed by atoms with Gasteiger partial charge in [-0.2, -0.15) is 0 Å². The number of rotatable bonds is 3. The highest BCUT2D eigenvalue weighted by Crippen LogP contribution is 2.28. The number of aromatic nitrogens is 1. The van der Waals surface area contributed by atoms with Crippen LogP contribution in [0.1, 0.15) is 29.0 Å². The number of fused-ring (bicyclic) bond motifs is 1. The van der Waals surface area contributed by atoms with Crippen LogP contribution in [0.5, 0.6) is 0 Å². The van der Waals surface area contributed by atoms with Gasteiger partial charge in [-0.15, -0.1) is 0 Å². The summed E-state index contributed by atoms with van der Waals surface area (Å²) >= 11 is 0. The number of amides is 1. The van der Waals surface area contributed by atoms with Crippen molar-refractivity contribution < 1.29 is 14.7 Å². The van der Waals surface area contributed by atoms with E-state index in [2.05, 4.69) is 15.2 Å². The first kappa shape index (κ1) is 13.1. The van der Waals surface area contributed by atoms with Crippen LogP contribution in [0.2, 0.25) is 0 Å². The average molecular weight is 275 g/mol. The van der Waals surface area contributed by atoms with Crippen molar-refractivity contribution in [2.75, 3.05) is 13.1 Å². The smallest absolute Gasteiger partial charge is 0.354 e. The number of aromatic carboxylic acids is 1. The van der Waals surface area contributed by atoms with E-state index >= 15 is 0 Å². The van der Waals surface area contributed by atoms with Gasteiger partial charge in [0.2, 0.25) is 5.91 Å². The monoisotopic (exact) mass is 275 g/mol. The fourth-order valence-corrected chi connectivity index (χ4v) is 3.13. The lowest BCUT2D eigenvalue weighted by atomic mass is 9.91. The number of hydrogen-bond acceptors (Lipinski definition) is 4. The second-order valence-electron chi connectivity index (χ2n) is 5.35. The lowest BCUT2D eigenvalue weighted by molar-refractivity contribution is -0.124. The maximum atomic E-state index is 11.7. The number of piperidine rings is 1. The molecule has 0 aromatic carbocycles. The van der Waals surface area contributed by atoms with E-state index < -0.39 is 5.97 Å². The Labute approximate surface area is 116 Å². The van der Waals surface area contributed by atoms with Crippen LogP contribution in [-0.4, -0.2) is 46.0 Å². The molecule has 2 unspecified atom stereocenters. The Morgan fingerprint density at radius 2 is 2.35 bits per heavy atom. The average Bonchev–Trinajstić information content (AvgIpc) is 2.82. The van der Waals surface area contributed by atoms with Gasteiger partial charge in [0, 0.05) is 19.1 Å². The molecular weight excluding hydrogens is 258 g/mol. The fourth-order valence-electron chi connectivity index (χ4n) is 3.13. The van der Waals surface area contributed by atoms with Gasteiger partial charge in [-0.25, -0.2) is 9.78 Å². The van der Waals surface area contributed by atoms with E-state index in [0.717, 1.165) is 25.1 Å². The minimum Gasteiger partial charge on any atom is -0.477 e. The maximum absolute atomic E-state index is 11.7. The molecule has 0 spiro atoms.